The van der Waals surface area contributed by atoms with E-state index in [4.69, 9.17) is 19.9 Å². The van der Waals surface area contributed by atoms with Crippen molar-refractivity contribution in [2.45, 2.75) is 12.8 Å². The molecule has 0 bridgehead atoms. The van der Waals surface area contributed by atoms with Crippen LogP contribution in [0.5, 0.6) is 5.75 Å². The molecule has 2 heterocycles. The average molecular weight is 441 g/mol. The SMILES string of the molecule is CCOC(=O)C1=C2SC(C(=O)OC)=CC(=O)N2C(N)=C(C#N)[C@H]1c1ccc(OC)cc1. The summed E-state index contributed by atoms with van der Waals surface area (Å²) in [5.41, 5.74) is 6.82. The van der Waals surface area contributed by atoms with Crippen molar-refractivity contribution >= 4 is 29.6 Å². The zero-order valence-electron chi connectivity index (χ0n) is 17.0. The minimum atomic E-state index is -0.904. The van der Waals surface area contributed by atoms with Crippen LogP contribution in [-0.2, 0) is 23.9 Å². The van der Waals surface area contributed by atoms with Gasteiger partial charge in [-0.3, -0.25) is 9.69 Å². The third kappa shape index (κ3) is 3.87. The maximum atomic E-state index is 13.0. The zero-order chi connectivity index (χ0) is 22.7. The highest BCUT2D eigenvalue weighted by atomic mass is 32.2. The predicted molar refractivity (Wildman–Crippen MR) is 111 cm³/mol. The maximum Gasteiger partial charge on any atom is 0.344 e. The van der Waals surface area contributed by atoms with Crippen LogP contribution in [0.3, 0.4) is 0 Å². The van der Waals surface area contributed by atoms with Gasteiger partial charge in [0.05, 0.1) is 44.0 Å². The molecule has 1 aromatic carbocycles. The van der Waals surface area contributed by atoms with Gasteiger partial charge in [-0.25, -0.2) is 9.59 Å². The Bertz CT molecular complexity index is 1080. The zero-order valence-corrected chi connectivity index (χ0v) is 17.8. The van der Waals surface area contributed by atoms with Gasteiger partial charge in [0.1, 0.15) is 21.5 Å². The minimum Gasteiger partial charge on any atom is -0.497 e. The van der Waals surface area contributed by atoms with E-state index in [2.05, 4.69) is 0 Å². The first-order chi connectivity index (χ1) is 14.9. The van der Waals surface area contributed by atoms with Gasteiger partial charge in [-0.2, -0.15) is 5.26 Å². The third-order valence-corrected chi connectivity index (χ3v) is 5.76. The van der Waals surface area contributed by atoms with Crippen LogP contribution in [-0.4, -0.2) is 43.6 Å². The molecule has 0 unspecified atom stereocenters. The second-order valence-electron chi connectivity index (χ2n) is 6.33. The lowest BCUT2D eigenvalue weighted by atomic mass is 9.83. The minimum absolute atomic E-state index is 0.0118. The molecule has 0 saturated heterocycles. The number of rotatable bonds is 5. The first-order valence-corrected chi connectivity index (χ1v) is 9.96. The molecule has 10 heteroatoms. The third-order valence-electron chi connectivity index (χ3n) is 4.66. The Morgan fingerprint density at radius 2 is 1.90 bits per heavy atom. The van der Waals surface area contributed by atoms with Gasteiger partial charge in [0.25, 0.3) is 5.91 Å². The molecule has 2 aliphatic heterocycles. The fraction of sp³-hybridized carbons (Fsp3) is 0.238. The monoisotopic (exact) mass is 441 g/mol. The number of fused-ring (bicyclic) bond motifs is 1. The number of methoxy groups -OCH3 is 2. The molecule has 0 aromatic heterocycles. The Balaban J connectivity index is 2.28. The molecule has 0 saturated carbocycles. The number of carbonyl (C=O) groups is 3. The Kier molecular flexibility index (Phi) is 6.36. The smallest absolute Gasteiger partial charge is 0.344 e. The topological polar surface area (TPSA) is 132 Å². The van der Waals surface area contributed by atoms with E-state index >= 15 is 0 Å². The van der Waals surface area contributed by atoms with Crippen molar-refractivity contribution in [1.82, 2.24) is 4.90 Å². The second-order valence-corrected chi connectivity index (χ2v) is 7.36. The number of allylic oxidation sites excluding steroid dienone is 1. The number of amides is 1. The van der Waals surface area contributed by atoms with Crippen LogP contribution in [0.4, 0.5) is 0 Å². The molecule has 1 aromatic rings. The molecule has 9 nitrogen and oxygen atoms in total. The van der Waals surface area contributed by atoms with Gasteiger partial charge < -0.3 is 19.9 Å². The number of thioether (sulfide) groups is 1. The van der Waals surface area contributed by atoms with Crippen LogP contribution >= 0.6 is 11.8 Å². The van der Waals surface area contributed by atoms with E-state index in [1.54, 1.807) is 31.2 Å². The molecule has 3 rings (SSSR count). The summed E-state index contributed by atoms with van der Waals surface area (Å²) in [4.78, 5) is 38.9. The Labute approximate surface area is 182 Å². The number of hydrogen-bond donors (Lipinski definition) is 1. The first-order valence-electron chi connectivity index (χ1n) is 9.14. The summed E-state index contributed by atoms with van der Waals surface area (Å²) in [5, 5.41) is 9.96. The number of hydrogen-bond acceptors (Lipinski definition) is 9. The van der Waals surface area contributed by atoms with Crippen LogP contribution in [0.2, 0.25) is 0 Å². The molecule has 2 aliphatic rings. The summed E-state index contributed by atoms with van der Waals surface area (Å²) in [5.74, 6) is -2.57. The highest BCUT2D eigenvalue weighted by molar-refractivity contribution is 8.07. The van der Waals surface area contributed by atoms with Crippen LogP contribution < -0.4 is 10.5 Å². The lowest BCUT2D eigenvalue weighted by molar-refractivity contribution is -0.139. The van der Waals surface area contributed by atoms with Crippen molar-refractivity contribution in [2.24, 2.45) is 5.73 Å². The van der Waals surface area contributed by atoms with Crippen molar-refractivity contribution in [1.29, 1.82) is 5.26 Å². The van der Waals surface area contributed by atoms with Crippen LogP contribution in [0.1, 0.15) is 18.4 Å². The van der Waals surface area contributed by atoms with Crippen molar-refractivity contribution < 1.29 is 28.6 Å². The van der Waals surface area contributed by atoms with E-state index in [0.717, 1.165) is 22.7 Å². The fourth-order valence-electron chi connectivity index (χ4n) is 3.26. The molecule has 0 spiro atoms. The van der Waals surface area contributed by atoms with Gasteiger partial charge in [-0.1, -0.05) is 23.9 Å². The van der Waals surface area contributed by atoms with E-state index in [-0.39, 0.29) is 33.5 Å². The summed E-state index contributed by atoms with van der Waals surface area (Å²) >= 11 is 0.859. The summed E-state index contributed by atoms with van der Waals surface area (Å²) < 4.78 is 15.1. The van der Waals surface area contributed by atoms with E-state index in [1.807, 2.05) is 6.07 Å². The molecule has 0 radical (unpaired) electrons. The Morgan fingerprint density at radius 1 is 1.23 bits per heavy atom. The lowest BCUT2D eigenvalue weighted by Gasteiger charge is -2.36. The van der Waals surface area contributed by atoms with Crippen molar-refractivity contribution in [3.63, 3.8) is 0 Å². The van der Waals surface area contributed by atoms with Gasteiger partial charge in [-0.05, 0) is 24.6 Å². The second kappa shape index (κ2) is 8.97. The number of nitrogens with two attached hydrogens (primary N) is 1. The van der Waals surface area contributed by atoms with Gasteiger partial charge >= 0.3 is 11.9 Å². The first kappa shape index (κ1) is 22.0. The molecule has 31 heavy (non-hydrogen) atoms. The standard InChI is InChI=1S/C21H19N3O6S/c1-4-30-21(27)17-16(11-5-7-12(28-2)8-6-11)13(10-22)18(23)24-15(25)9-14(20(26)29-3)31-19(17)24/h5-9,16H,4,23H2,1-3H3/t16-/m1/s1. The van der Waals surface area contributed by atoms with E-state index in [9.17, 15) is 19.6 Å². The van der Waals surface area contributed by atoms with Gasteiger partial charge in [0, 0.05) is 6.08 Å². The highest BCUT2D eigenvalue weighted by Gasteiger charge is 2.44. The molecule has 0 fully saturated rings. The summed E-state index contributed by atoms with van der Waals surface area (Å²) in [6.45, 7) is 1.71. The van der Waals surface area contributed by atoms with Crippen LogP contribution in [0.25, 0.3) is 0 Å². The van der Waals surface area contributed by atoms with Crippen molar-refractivity contribution in [2.75, 3.05) is 20.8 Å². The predicted octanol–water partition coefficient (Wildman–Crippen LogP) is 1.89. The summed E-state index contributed by atoms with van der Waals surface area (Å²) in [6, 6.07) is 8.76. The van der Waals surface area contributed by atoms with Crippen molar-refractivity contribution in [3.8, 4) is 11.8 Å². The van der Waals surface area contributed by atoms with Gasteiger partial charge in [0.2, 0.25) is 0 Å². The molecular formula is C21H19N3O6S. The number of esters is 2. The normalized spacial score (nSPS) is 18.1. The van der Waals surface area contributed by atoms with Crippen LogP contribution in [0, 0.1) is 11.3 Å². The molecule has 0 aliphatic carbocycles. The van der Waals surface area contributed by atoms with Gasteiger partial charge in [-0.15, -0.1) is 0 Å². The van der Waals surface area contributed by atoms with E-state index in [0.29, 0.717) is 11.3 Å². The number of nitrogens with zero attached hydrogens (tertiary/aromatic N) is 2. The van der Waals surface area contributed by atoms with Crippen LogP contribution in [0.15, 0.2) is 57.2 Å². The highest BCUT2D eigenvalue weighted by Crippen LogP contribution is 2.48. The lowest BCUT2D eigenvalue weighted by Crippen LogP contribution is -2.41. The van der Waals surface area contributed by atoms with Gasteiger partial charge in [0.15, 0.2) is 0 Å². The molecule has 1 amide bonds. The van der Waals surface area contributed by atoms with Crippen molar-refractivity contribution in [3.05, 3.63) is 62.8 Å². The fourth-order valence-corrected chi connectivity index (χ4v) is 4.39. The quantitative estimate of drug-likeness (QED) is 0.680. The molecular weight excluding hydrogens is 422 g/mol. The summed E-state index contributed by atoms with van der Waals surface area (Å²) in [7, 11) is 2.70. The maximum absolute atomic E-state index is 13.0. The Morgan fingerprint density at radius 3 is 2.45 bits per heavy atom. The number of nitriles is 1. The van der Waals surface area contributed by atoms with E-state index < -0.39 is 23.8 Å². The Hall–Kier alpha value is -3.71. The average Bonchev–Trinajstić information content (AvgIpc) is 2.78. The molecule has 160 valence electrons. The van der Waals surface area contributed by atoms with E-state index in [1.165, 1.54) is 14.2 Å². The number of ether oxygens (including phenoxy) is 3. The number of benzene rings is 1. The molecule has 2 N–H and O–H groups in total. The summed E-state index contributed by atoms with van der Waals surface area (Å²) in [6.07, 6.45) is 1.05. The largest absolute Gasteiger partial charge is 0.497 e. The molecule has 1 atom stereocenters. The number of carbonyl (C=O) groups excluding carboxylic acids is 3.